The number of aromatic nitrogens is 2. The van der Waals surface area contributed by atoms with Gasteiger partial charge < -0.3 is 9.15 Å². The molecule has 0 amide bonds. The lowest BCUT2D eigenvalue weighted by molar-refractivity contribution is 0.319. The smallest absolute Gasteiger partial charge is 0.247 e. The van der Waals surface area contributed by atoms with E-state index in [4.69, 9.17) is 9.15 Å². The number of rotatable bonds is 5. The van der Waals surface area contributed by atoms with Crippen LogP contribution in [0.25, 0.3) is 11.5 Å². The van der Waals surface area contributed by atoms with Crippen LogP contribution >= 0.6 is 0 Å². The number of nitrogens with zero attached hydrogens (tertiary/aromatic N) is 3. The Hall–Kier alpha value is -2.80. The van der Waals surface area contributed by atoms with E-state index in [1.165, 1.54) is 6.07 Å². The van der Waals surface area contributed by atoms with Crippen LogP contribution in [0.2, 0.25) is 0 Å². The van der Waals surface area contributed by atoms with Crippen LogP contribution in [0.3, 0.4) is 0 Å². The molecule has 1 aromatic heterocycles. The van der Waals surface area contributed by atoms with Crippen molar-refractivity contribution in [2.75, 3.05) is 20.2 Å². The number of halogens is 2. The summed E-state index contributed by atoms with van der Waals surface area (Å²) in [4.78, 5) is 2.18. The second kappa shape index (κ2) is 7.44. The fourth-order valence-corrected chi connectivity index (χ4v) is 3.32. The van der Waals surface area contributed by atoms with Gasteiger partial charge in [0.15, 0.2) is 11.6 Å². The minimum absolute atomic E-state index is 0.134. The summed E-state index contributed by atoms with van der Waals surface area (Å²) in [7, 11) is 1.62. The predicted molar refractivity (Wildman–Crippen MR) is 95.3 cm³/mol. The van der Waals surface area contributed by atoms with E-state index in [0.717, 1.165) is 42.5 Å². The van der Waals surface area contributed by atoms with Gasteiger partial charge in [-0.2, -0.15) is 0 Å². The maximum absolute atomic E-state index is 13.4. The highest BCUT2D eigenvalue weighted by Crippen LogP contribution is 2.30. The Morgan fingerprint density at radius 3 is 2.67 bits per heavy atom. The molecule has 0 spiro atoms. The van der Waals surface area contributed by atoms with Crippen molar-refractivity contribution in [1.29, 1.82) is 0 Å². The molecule has 0 bridgehead atoms. The third-order valence-corrected chi connectivity index (χ3v) is 4.79. The van der Waals surface area contributed by atoms with Crippen LogP contribution in [-0.2, 0) is 6.54 Å². The number of ether oxygens (including phenoxy) is 1. The summed E-state index contributed by atoms with van der Waals surface area (Å²) in [6.07, 6.45) is 0.883. The Bertz CT molecular complexity index is 927. The Labute approximate surface area is 155 Å². The van der Waals surface area contributed by atoms with Crippen LogP contribution in [0, 0.1) is 11.6 Å². The van der Waals surface area contributed by atoms with Crippen molar-refractivity contribution in [3.63, 3.8) is 0 Å². The maximum atomic E-state index is 13.4. The zero-order chi connectivity index (χ0) is 18.8. The lowest BCUT2D eigenvalue weighted by atomic mass is 10.1. The molecule has 0 saturated carbocycles. The van der Waals surface area contributed by atoms with Crippen molar-refractivity contribution in [2.24, 2.45) is 0 Å². The maximum Gasteiger partial charge on any atom is 0.247 e. The van der Waals surface area contributed by atoms with Crippen molar-refractivity contribution in [2.45, 2.75) is 18.9 Å². The van der Waals surface area contributed by atoms with E-state index in [2.05, 4.69) is 15.1 Å². The highest BCUT2D eigenvalue weighted by Gasteiger charge is 2.28. The van der Waals surface area contributed by atoms with Gasteiger partial charge in [-0.25, -0.2) is 8.78 Å². The molecule has 4 rings (SSSR count). The van der Waals surface area contributed by atoms with Gasteiger partial charge in [0.2, 0.25) is 11.8 Å². The molecule has 0 aliphatic carbocycles. The molecule has 7 heteroatoms. The molecule has 0 unspecified atom stereocenters. The summed E-state index contributed by atoms with van der Waals surface area (Å²) in [6.45, 7) is 2.14. The first kappa shape index (κ1) is 17.6. The SMILES string of the molecule is COc1ccc(-c2nnc([C@H]3CCN(Cc4ccc(F)c(F)c4)C3)o2)cc1. The fourth-order valence-electron chi connectivity index (χ4n) is 3.32. The summed E-state index contributed by atoms with van der Waals surface area (Å²) in [5.74, 6) is 0.344. The van der Waals surface area contributed by atoms with Gasteiger partial charge in [-0.1, -0.05) is 6.07 Å². The summed E-state index contributed by atoms with van der Waals surface area (Å²) < 4.78 is 37.4. The second-order valence-electron chi connectivity index (χ2n) is 6.64. The Kier molecular flexibility index (Phi) is 4.85. The van der Waals surface area contributed by atoms with E-state index < -0.39 is 11.6 Å². The van der Waals surface area contributed by atoms with Gasteiger partial charge in [0.05, 0.1) is 13.0 Å². The van der Waals surface area contributed by atoms with Crippen LogP contribution in [0.5, 0.6) is 5.75 Å². The zero-order valence-corrected chi connectivity index (χ0v) is 14.9. The molecule has 1 fully saturated rings. The molecule has 2 heterocycles. The van der Waals surface area contributed by atoms with E-state index in [1.807, 2.05) is 24.3 Å². The van der Waals surface area contributed by atoms with E-state index in [1.54, 1.807) is 13.2 Å². The first-order valence-electron chi connectivity index (χ1n) is 8.76. The van der Waals surface area contributed by atoms with Gasteiger partial charge in [-0.15, -0.1) is 10.2 Å². The largest absolute Gasteiger partial charge is 0.497 e. The van der Waals surface area contributed by atoms with E-state index in [-0.39, 0.29) is 5.92 Å². The first-order valence-corrected chi connectivity index (χ1v) is 8.76. The van der Waals surface area contributed by atoms with Crippen molar-refractivity contribution in [1.82, 2.24) is 15.1 Å². The van der Waals surface area contributed by atoms with Gasteiger partial charge in [0.1, 0.15) is 5.75 Å². The Morgan fingerprint density at radius 2 is 1.93 bits per heavy atom. The average molecular weight is 371 g/mol. The van der Waals surface area contributed by atoms with Crippen molar-refractivity contribution >= 4 is 0 Å². The zero-order valence-electron chi connectivity index (χ0n) is 14.9. The Morgan fingerprint density at radius 1 is 1.11 bits per heavy atom. The number of hydrogen-bond donors (Lipinski definition) is 0. The molecule has 1 saturated heterocycles. The van der Waals surface area contributed by atoms with Crippen molar-refractivity contribution < 1.29 is 17.9 Å². The monoisotopic (exact) mass is 371 g/mol. The molecule has 1 atom stereocenters. The number of benzene rings is 2. The summed E-state index contributed by atoms with van der Waals surface area (Å²) in [6, 6.07) is 11.5. The number of hydrogen-bond acceptors (Lipinski definition) is 5. The molecule has 0 N–H and O–H groups in total. The molecule has 1 aliphatic rings. The van der Waals surface area contributed by atoms with Crippen LogP contribution in [0.15, 0.2) is 46.9 Å². The molecular weight excluding hydrogens is 352 g/mol. The van der Waals surface area contributed by atoms with E-state index in [9.17, 15) is 8.78 Å². The predicted octanol–water partition coefficient (Wildman–Crippen LogP) is 4.01. The normalized spacial score (nSPS) is 17.4. The fraction of sp³-hybridized carbons (Fsp3) is 0.300. The minimum atomic E-state index is -0.824. The van der Waals surface area contributed by atoms with Gasteiger partial charge in [0.25, 0.3) is 0 Å². The lowest BCUT2D eigenvalue weighted by Gasteiger charge is -2.15. The molecule has 0 radical (unpaired) electrons. The van der Waals surface area contributed by atoms with Gasteiger partial charge in [0, 0.05) is 18.7 Å². The molecule has 2 aromatic carbocycles. The standard InChI is InChI=1S/C20H19F2N3O2/c1-26-16-5-3-14(4-6-16)19-23-24-20(27-19)15-8-9-25(12-15)11-13-2-7-17(21)18(22)10-13/h2-7,10,15H,8-9,11-12H2,1H3/t15-/m0/s1. The molecule has 27 heavy (non-hydrogen) atoms. The number of likely N-dealkylation sites (tertiary alicyclic amines) is 1. The third kappa shape index (κ3) is 3.83. The quantitative estimate of drug-likeness (QED) is 0.678. The molecule has 5 nitrogen and oxygen atoms in total. The highest BCUT2D eigenvalue weighted by atomic mass is 19.2. The minimum Gasteiger partial charge on any atom is -0.497 e. The van der Waals surface area contributed by atoms with Gasteiger partial charge >= 0.3 is 0 Å². The first-order chi connectivity index (χ1) is 13.1. The average Bonchev–Trinajstić information content (AvgIpc) is 3.34. The Balaban J connectivity index is 1.41. The molecular formula is C20H19F2N3O2. The van der Waals surface area contributed by atoms with Crippen LogP contribution in [0.4, 0.5) is 8.78 Å². The van der Waals surface area contributed by atoms with Crippen molar-refractivity contribution in [3.05, 3.63) is 65.6 Å². The lowest BCUT2D eigenvalue weighted by Crippen LogP contribution is -2.20. The summed E-state index contributed by atoms with van der Waals surface area (Å²) in [5.41, 5.74) is 1.59. The summed E-state index contributed by atoms with van der Waals surface area (Å²) in [5, 5.41) is 8.35. The van der Waals surface area contributed by atoms with Crippen LogP contribution in [-0.4, -0.2) is 35.3 Å². The summed E-state index contributed by atoms with van der Waals surface area (Å²) >= 11 is 0. The van der Waals surface area contributed by atoms with Gasteiger partial charge in [-0.3, -0.25) is 4.90 Å². The third-order valence-electron chi connectivity index (χ3n) is 4.79. The van der Waals surface area contributed by atoms with Crippen LogP contribution in [0.1, 0.15) is 23.8 Å². The van der Waals surface area contributed by atoms with E-state index in [0.29, 0.717) is 18.3 Å². The highest BCUT2D eigenvalue weighted by molar-refractivity contribution is 5.54. The van der Waals surface area contributed by atoms with Gasteiger partial charge in [-0.05, 0) is 54.9 Å². The van der Waals surface area contributed by atoms with Crippen molar-refractivity contribution in [3.8, 4) is 17.2 Å². The van der Waals surface area contributed by atoms with Crippen LogP contribution < -0.4 is 4.74 Å². The van der Waals surface area contributed by atoms with E-state index >= 15 is 0 Å². The second-order valence-corrected chi connectivity index (χ2v) is 6.64. The number of methoxy groups -OCH3 is 1. The molecule has 3 aromatic rings. The topological polar surface area (TPSA) is 51.4 Å². The molecule has 140 valence electrons. The molecule has 1 aliphatic heterocycles.